The number of aryl methyl sites for hydroxylation is 1. The van der Waals surface area contributed by atoms with E-state index in [1.165, 1.54) is 5.56 Å². The second-order valence-electron chi connectivity index (χ2n) is 2.91. The van der Waals surface area contributed by atoms with Crippen LogP contribution in [0.1, 0.15) is 15.9 Å². The highest BCUT2D eigenvalue weighted by Crippen LogP contribution is 2.17. The average molecular weight is 159 g/mol. The van der Waals surface area contributed by atoms with Crippen LogP contribution >= 0.6 is 0 Å². The van der Waals surface area contributed by atoms with Crippen molar-refractivity contribution in [3.63, 3.8) is 0 Å². The van der Waals surface area contributed by atoms with Crippen LogP contribution in [0.25, 0.3) is 10.9 Å². The molecule has 0 saturated heterocycles. The molecule has 0 spiro atoms. The molecule has 0 saturated carbocycles. The van der Waals surface area contributed by atoms with Crippen molar-refractivity contribution in [3.8, 4) is 0 Å². The van der Waals surface area contributed by atoms with Gasteiger partial charge < -0.3 is 4.98 Å². The SMILES string of the molecule is Cc1ccc2[nH]cc(C=O)c2c1. The smallest absolute Gasteiger partial charge is 0.152 e. The van der Waals surface area contributed by atoms with Crippen molar-refractivity contribution >= 4 is 17.2 Å². The predicted molar refractivity (Wildman–Crippen MR) is 48.4 cm³/mol. The highest BCUT2D eigenvalue weighted by molar-refractivity contribution is 5.97. The molecule has 0 amide bonds. The van der Waals surface area contributed by atoms with E-state index in [2.05, 4.69) is 4.98 Å². The molecule has 1 aromatic carbocycles. The molecule has 12 heavy (non-hydrogen) atoms. The number of fused-ring (bicyclic) bond motifs is 1. The number of carbonyl (C=O) groups excluding carboxylic acids is 1. The Morgan fingerprint density at radius 1 is 1.42 bits per heavy atom. The van der Waals surface area contributed by atoms with Crippen LogP contribution < -0.4 is 0 Å². The van der Waals surface area contributed by atoms with Crippen molar-refractivity contribution in [2.75, 3.05) is 0 Å². The van der Waals surface area contributed by atoms with Gasteiger partial charge in [-0.3, -0.25) is 4.79 Å². The zero-order valence-corrected chi connectivity index (χ0v) is 6.79. The molecule has 0 fully saturated rings. The summed E-state index contributed by atoms with van der Waals surface area (Å²) in [6.07, 6.45) is 2.61. The number of H-pyrrole nitrogens is 1. The number of hydrogen-bond acceptors (Lipinski definition) is 1. The Kier molecular flexibility index (Phi) is 1.47. The predicted octanol–water partition coefficient (Wildman–Crippen LogP) is 2.29. The van der Waals surface area contributed by atoms with Crippen LogP contribution in [0.15, 0.2) is 24.4 Å². The lowest BCUT2D eigenvalue weighted by Crippen LogP contribution is -1.75. The fourth-order valence-corrected chi connectivity index (χ4v) is 1.35. The minimum absolute atomic E-state index is 0.730. The van der Waals surface area contributed by atoms with Gasteiger partial charge in [-0.1, -0.05) is 11.6 Å². The summed E-state index contributed by atoms with van der Waals surface area (Å²) >= 11 is 0. The van der Waals surface area contributed by atoms with E-state index >= 15 is 0 Å². The molecular weight excluding hydrogens is 150 g/mol. The van der Waals surface area contributed by atoms with Crippen molar-refractivity contribution in [3.05, 3.63) is 35.5 Å². The van der Waals surface area contributed by atoms with Gasteiger partial charge in [0, 0.05) is 22.7 Å². The van der Waals surface area contributed by atoms with Crippen LogP contribution in [-0.4, -0.2) is 11.3 Å². The van der Waals surface area contributed by atoms with Gasteiger partial charge in [0.25, 0.3) is 0 Å². The molecule has 0 atom stereocenters. The maximum absolute atomic E-state index is 10.6. The summed E-state index contributed by atoms with van der Waals surface area (Å²) in [5.74, 6) is 0. The first kappa shape index (κ1) is 7.10. The highest BCUT2D eigenvalue weighted by Gasteiger charge is 2.00. The minimum Gasteiger partial charge on any atom is -0.360 e. The van der Waals surface area contributed by atoms with Gasteiger partial charge in [0.05, 0.1) is 0 Å². The van der Waals surface area contributed by atoms with Gasteiger partial charge in [-0.15, -0.1) is 0 Å². The second-order valence-corrected chi connectivity index (χ2v) is 2.91. The summed E-state index contributed by atoms with van der Waals surface area (Å²) < 4.78 is 0. The quantitative estimate of drug-likeness (QED) is 0.636. The van der Waals surface area contributed by atoms with Crippen molar-refractivity contribution in [1.82, 2.24) is 4.98 Å². The fraction of sp³-hybridized carbons (Fsp3) is 0.100. The lowest BCUT2D eigenvalue weighted by molar-refractivity contribution is 0.112. The lowest BCUT2D eigenvalue weighted by atomic mass is 10.1. The monoisotopic (exact) mass is 159 g/mol. The second kappa shape index (κ2) is 2.48. The molecule has 1 aromatic heterocycles. The lowest BCUT2D eigenvalue weighted by Gasteiger charge is -1.92. The Morgan fingerprint density at radius 2 is 2.25 bits per heavy atom. The van der Waals surface area contributed by atoms with Crippen LogP contribution in [0.2, 0.25) is 0 Å². The van der Waals surface area contributed by atoms with E-state index < -0.39 is 0 Å². The molecule has 2 heteroatoms. The molecule has 2 aromatic rings. The summed E-state index contributed by atoms with van der Waals surface area (Å²) in [6, 6.07) is 6.01. The number of rotatable bonds is 1. The largest absolute Gasteiger partial charge is 0.360 e. The average Bonchev–Trinajstić information content (AvgIpc) is 2.46. The Morgan fingerprint density at radius 3 is 3.00 bits per heavy atom. The molecule has 0 aliphatic heterocycles. The normalized spacial score (nSPS) is 10.4. The van der Waals surface area contributed by atoms with Crippen LogP contribution in [0.5, 0.6) is 0 Å². The van der Waals surface area contributed by atoms with Crippen molar-refractivity contribution in [1.29, 1.82) is 0 Å². The number of nitrogens with one attached hydrogen (secondary N) is 1. The van der Waals surface area contributed by atoms with Crippen molar-refractivity contribution < 1.29 is 4.79 Å². The van der Waals surface area contributed by atoms with Gasteiger partial charge in [0.2, 0.25) is 0 Å². The third kappa shape index (κ3) is 0.925. The van der Waals surface area contributed by atoms with E-state index in [0.717, 1.165) is 22.8 Å². The van der Waals surface area contributed by atoms with E-state index in [1.54, 1.807) is 6.20 Å². The number of carbonyl (C=O) groups is 1. The Hall–Kier alpha value is -1.57. The standard InChI is InChI=1S/C10H9NO/c1-7-2-3-10-9(4-7)8(6-12)5-11-10/h2-6,11H,1H3. The van der Waals surface area contributed by atoms with Gasteiger partial charge in [0.1, 0.15) is 0 Å². The number of aromatic amines is 1. The Balaban J connectivity index is 2.83. The Bertz CT molecular complexity index is 428. The molecular formula is C10H9NO. The molecule has 0 aliphatic rings. The van der Waals surface area contributed by atoms with Crippen molar-refractivity contribution in [2.45, 2.75) is 6.92 Å². The van der Waals surface area contributed by atoms with Crippen LogP contribution in [0.4, 0.5) is 0 Å². The van der Waals surface area contributed by atoms with E-state index in [4.69, 9.17) is 0 Å². The van der Waals surface area contributed by atoms with Gasteiger partial charge >= 0.3 is 0 Å². The topological polar surface area (TPSA) is 32.9 Å². The first-order valence-corrected chi connectivity index (χ1v) is 3.84. The number of benzene rings is 1. The summed E-state index contributed by atoms with van der Waals surface area (Å²) in [5.41, 5.74) is 2.92. The minimum atomic E-state index is 0.730. The number of aldehydes is 1. The first-order valence-electron chi connectivity index (χ1n) is 3.84. The highest BCUT2D eigenvalue weighted by atomic mass is 16.1. The van der Waals surface area contributed by atoms with Crippen molar-refractivity contribution in [2.24, 2.45) is 0 Å². The Labute approximate surface area is 70.2 Å². The van der Waals surface area contributed by atoms with E-state index in [0.29, 0.717) is 0 Å². The molecule has 2 nitrogen and oxygen atoms in total. The van der Waals surface area contributed by atoms with Gasteiger partial charge in [-0.25, -0.2) is 0 Å². The number of aromatic nitrogens is 1. The molecule has 60 valence electrons. The van der Waals surface area contributed by atoms with Gasteiger partial charge in [-0.2, -0.15) is 0 Å². The summed E-state index contributed by atoms with van der Waals surface area (Å²) in [5, 5.41) is 1.00. The van der Waals surface area contributed by atoms with E-state index in [9.17, 15) is 4.79 Å². The van der Waals surface area contributed by atoms with E-state index in [-0.39, 0.29) is 0 Å². The summed E-state index contributed by atoms with van der Waals surface area (Å²) in [7, 11) is 0. The molecule has 1 N–H and O–H groups in total. The third-order valence-corrected chi connectivity index (χ3v) is 2.00. The van der Waals surface area contributed by atoms with Crippen LogP contribution in [-0.2, 0) is 0 Å². The zero-order chi connectivity index (χ0) is 8.55. The third-order valence-electron chi connectivity index (χ3n) is 2.00. The fourth-order valence-electron chi connectivity index (χ4n) is 1.35. The molecule has 0 aliphatic carbocycles. The van der Waals surface area contributed by atoms with Crippen LogP contribution in [0, 0.1) is 6.92 Å². The van der Waals surface area contributed by atoms with Gasteiger partial charge in [-0.05, 0) is 19.1 Å². The first-order chi connectivity index (χ1) is 5.81. The number of hydrogen-bond donors (Lipinski definition) is 1. The molecule has 0 bridgehead atoms. The van der Waals surface area contributed by atoms with Gasteiger partial charge in [0.15, 0.2) is 6.29 Å². The summed E-state index contributed by atoms with van der Waals surface area (Å²) in [6.45, 7) is 2.01. The molecule has 0 radical (unpaired) electrons. The summed E-state index contributed by atoms with van der Waals surface area (Å²) in [4.78, 5) is 13.6. The molecule has 1 heterocycles. The molecule has 2 rings (SSSR count). The van der Waals surface area contributed by atoms with Crippen LogP contribution in [0.3, 0.4) is 0 Å². The maximum atomic E-state index is 10.6. The zero-order valence-electron chi connectivity index (χ0n) is 6.79. The van der Waals surface area contributed by atoms with E-state index in [1.807, 2.05) is 25.1 Å². The molecule has 0 unspecified atom stereocenters. The maximum Gasteiger partial charge on any atom is 0.152 e.